The van der Waals surface area contributed by atoms with Crippen LogP contribution in [-0.4, -0.2) is 39.0 Å². The highest BCUT2D eigenvalue weighted by molar-refractivity contribution is 9.10. The quantitative estimate of drug-likeness (QED) is 0.182. The standard InChI is InChI=1S/C32H16BrClN8/c33-23-15-7-14-22-24(23)30-38-26-17-9-2-4-11-19(17)28(36-26)41-32-21-13-6-5-12-20(21)31(42(32)34)40-27-18-10-3-1-8-16(18)25(35-27)37-29(22)39-30/h1-15H,(H,35,36,37,38,39,40,41). The van der Waals surface area contributed by atoms with Gasteiger partial charge in [-0.25, -0.2) is 34.0 Å². The molecule has 2 aliphatic rings. The highest BCUT2D eigenvalue weighted by Gasteiger charge is 2.23. The van der Waals surface area contributed by atoms with Gasteiger partial charge < -0.3 is 4.98 Å². The minimum atomic E-state index is 0.521. The van der Waals surface area contributed by atoms with Crippen molar-refractivity contribution < 1.29 is 0 Å². The number of rotatable bonds is 0. The molecule has 1 N–H and O–H groups in total. The first-order chi connectivity index (χ1) is 20.6. The fraction of sp³-hybridized carbons (Fsp3) is 0. The van der Waals surface area contributed by atoms with Crippen LogP contribution in [0.2, 0.25) is 0 Å². The molecule has 7 aromatic rings. The lowest BCUT2D eigenvalue weighted by Crippen LogP contribution is -1.88. The summed E-state index contributed by atoms with van der Waals surface area (Å²) in [6.07, 6.45) is 0. The largest absolute Gasteiger partial charge is 0.324 e. The number of fused-ring (bicyclic) bond motifs is 20. The van der Waals surface area contributed by atoms with Crippen LogP contribution in [-0.2, 0) is 0 Å². The van der Waals surface area contributed by atoms with E-state index in [2.05, 4.69) is 20.9 Å². The van der Waals surface area contributed by atoms with Crippen LogP contribution >= 0.6 is 27.7 Å². The van der Waals surface area contributed by atoms with E-state index in [-0.39, 0.29) is 0 Å². The molecule has 9 rings (SSSR count). The van der Waals surface area contributed by atoms with Gasteiger partial charge in [-0.05, 0) is 6.07 Å². The Morgan fingerprint density at radius 3 is 1.50 bits per heavy atom. The van der Waals surface area contributed by atoms with Crippen LogP contribution in [0.15, 0.2) is 95.5 Å². The number of halogens is 2. The number of aromatic amines is 1. The predicted octanol–water partition coefficient (Wildman–Crippen LogP) is 8.11. The molecule has 10 heteroatoms. The Morgan fingerprint density at radius 2 is 0.952 bits per heavy atom. The number of H-pyrrole nitrogens is 1. The van der Waals surface area contributed by atoms with Gasteiger partial charge in [0.25, 0.3) is 0 Å². The van der Waals surface area contributed by atoms with Crippen LogP contribution in [0, 0.1) is 0 Å². The molecule has 0 unspecified atom stereocenters. The van der Waals surface area contributed by atoms with Crippen LogP contribution in [0.4, 0.5) is 0 Å². The molecule has 0 atom stereocenters. The van der Waals surface area contributed by atoms with E-state index in [0.717, 1.165) is 48.3 Å². The molecule has 0 aliphatic carbocycles. The third-order valence-corrected chi connectivity index (χ3v) is 8.60. The molecular weight excluding hydrogens is 612 g/mol. The van der Waals surface area contributed by atoms with E-state index in [1.165, 1.54) is 4.09 Å². The summed E-state index contributed by atoms with van der Waals surface area (Å²) in [6.45, 7) is 0. The van der Waals surface area contributed by atoms with Crippen molar-refractivity contribution in [1.29, 1.82) is 0 Å². The molecule has 0 fully saturated rings. The van der Waals surface area contributed by atoms with Crippen molar-refractivity contribution in [1.82, 2.24) is 39.0 Å². The van der Waals surface area contributed by atoms with Crippen molar-refractivity contribution in [3.63, 3.8) is 0 Å². The molecule has 0 amide bonds. The van der Waals surface area contributed by atoms with Gasteiger partial charge in [0.2, 0.25) is 0 Å². The molecule has 2 aliphatic heterocycles. The fourth-order valence-electron chi connectivity index (χ4n) is 5.71. The zero-order valence-corrected chi connectivity index (χ0v) is 23.9. The van der Waals surface area contributed by atoms with Crippen molar-refractivity contribution in [2.24, 2.45) is 0 Å². The zero-order chi connectivity index (χ0) is 27.9. The van der Waals surface area contributed by atoms with Gasteiger partial charge >= 0.3 is 0 Å². The summed E-state index contributed by atoms with van der Waals surface area (Å²) >= 11 is 10.7. The first kappa shape index (κ1) is 23.7. The number of aromatic nitrogens is 8. The Balaban J connectivity index is 1.54. The minimum Gasteiger partial charge on any atom is -0.324 e. The van der Waals surface area contributed by atoms with E-state index < -0.39 is 0 Å². The molecule has 0 saturated heterocycles. The lowest BCUT2D eigenvalue weighted by molar-refractivity contribution is 1.17. The van der Waals surface area contributed by atoms with E-state index in [1.807, 2.05) is 91.0 Å². The molecule has 42 heavy (non-hydrogen) atoms. The lowest BCUT2D eigenvalue weighted by atomic mass is 10.1. The first-order valence-electron chi connectivity index (χ1n) is 13.2. The maximum Gasteiger partial charge on any atom is 0.164 e. The average Bonchev–Trinajstić information content (AvgIpc) is 3.72. The summed E-state index contributed by atoms with van der Waals surface area (Å²) in [5.74, 6) is 2.14. The average molecular weight is 628 g/mol. The van der Waals surface area contributed by atoms with E-state index >= 15 is 0 Å². The maximum atomic E-state index is 7.01. The van der Waals surface area contributed by atoms with Gasteiger partial charge in [-0.2, -0.15) is 0 Å². The Bertz CT molecular complexity index is 2460. The van der Waals surface area contributed by atoms with Crippen molar-refractivity contribution >= 4 is 71.8 Å². The molecule has 0 saturated carbocycles. The third kappa shape index (κ3) is 3.35. The van der Waals surface area contributed by atoms with Gasteiger partial charge in [-0.1, -0.05) is 101 Å². The van der Waals surface area contributed by atoms with E-state index in [1.54, 1.807) is 0 Å². The third-order valence-electron chi connectivity index (χ3n) is 7.62. The van der Waals surface area contributed by atoms with Gasteiger partial charge in [0.15, 0.2) is 34.6 Å². The predicted molar refractivity (Wildman–Crippen MR) is 169 cm³/mol. The lowest BCUT2D eigenvalue weighted by Gasteiger charge is -1.97. The number of nitrogens with one attached hydrogen (secondary N) is 1. The molecular formula is C32H16BrClN8. The highest BCUT2D eigenvalue weighted by Crippen LogP contribution is 2.38. The summed E-state index contributed by atoms with van der Waals surface area (Å²) in [7, 11) is 0. The number of hydrogen-bond donors (Lipinski definition) is 1. The topological polar surface area (TPSA) is 98.1 Å². The van der Waals surface area contributed by atoms with Gasteiger partial charge in [0.1, 0.15) is 11.3 Å². The normalized spacial score (nSPS) is 12.0. The Morgan fingerprint density at radius 1 is 0.500 bits per heavy atom. The SMILES string of the molecule is Cln1c2nc3nc(nc4[nH]c(nc5nc(nc1c1ccccc12)-c1ccccc1-5)c1c(Br)cccc41)-c1ccccc1-3. The second kappa shape index (κ2) is 8.75. The monoisotopic (exact) mass is 626 g/mol. The molecule has 0 radical (unpaired) electrons. The Labute approximate surface area is 251 Å². The zero-order valence-electron chi connectivity index (χ0n) is 21.5. The van der Waals surface area contributed by atoms with E-state index in [0.29, 0.717) is 45.9 Å². The van der Waals surface area contributed by atoms with Gasteiger partial charge in [-0.15, -0.1) is 0 Å². The molecule has 198 valence electrons. The fourth-order valence-corrected chi connectivity index (χ4v) is 6.52. The summed E-state index contributed by atoms with van der Waals surface area (Å²) in [5.41, 5.74) is 5.84. The molecule has 0 spiro atoms. The second-order valence-corrected chi connectivity index (χ2v) is 11.2. The van der Waals surface area contributed by atoms with Gasteiger partial charge in [0.05, 0.1) is 0 Å². The van der Waals surface area contributed by atoms with Crippen LogP contribution in [0.3, 0.4) is 0 Å². The van der Waals surface area contributed by atoms with E-state index in [4.69, 9.17) is 41.7 Å². The summed E-state index contributed by atoms with van der Waals surface area (Å²) < 4.78 is 2.38. The minimum absolute atomic E-state index is 0.521. The maximum absolute atomic E-state index is 7.01. The van der Waals surface area contributed by atoms with Crippen molar-refractivity contribution in [2.45, 2.75) is 0 Å². The Kier molecular flexibility index (Phi) is 4.94. The smallest absolute Gasteiger partial charge is 0.164 e. The van der Waals surface area contributed by atoms with Gasteiger partial charge in [0, 0.05) is 60.0 Å². The molecule has 4 aromatic carbocycles. The number of hydrogen-bond acceptors (Lipinski definition) is 6. The first-order valence-corrected chi connectivity index (χ1v) is 14.3. The van der Waals surface area contributed by atoms with E-state index in [9.17, 15) is 0 Å². The Hall–Kier alpha value is -4.99. The van der Waals surface area contributed by atoms with Crippen molar-refractivity contribution in [2.75, 3.05) is 0 Å². The van der Waals surface area contributed by atoms with Crippen LogP contribution in [0.25, 0.3) is 89.7 Å². The second-order valence-electron chi connectivity index (χ2n) is 10.0. The molecule has 8 bridgehead atoms. The summed E-state index contributed by atoms with van der Waals surface area (Å²) in [5, 5.41) is 3.51. The van der Waals surface area contributed by atoms with Crippen LogP contribution in [0.5, 0.6) is 0 Å². The number of nitrogens with zero attached hydrogens (tertiary/aromatic N) is 7. The van der Waals surface area contributed by atoms with Crippen molar-refractivity contribution in [3.8, 4) is 45.6 Å². The van der Waals surface area contributed by atoms with Crippen molar-refractivity contribution in [3.05, 3.63) is 95.5 Å². The summed E-state index contributed by atoms with van der Waals surface area (Å²) in [6, 6.07) is 29.7. The molecule has 8 nitrogen and oxygen atoms in total. The number of benzene rings is 4. The highest BCUT2D eigenvalue weighted by atomic mass is 79.9. The van der Waals surface area contributed by atoms with Crippen LogP contribution in [0.1, 0.15) is 0 Å². The van der Waals surface area contributed by atoms with Crippen LogP contribution < -0.4 is 0 Å². The molecule has 3 aromatic heterocycles. The molecule has 5 heterocycles. The van der Waals surface area contributed by atoms with Gasteiger partial charge in [-0.3, -0.25) is 0 Å². The summed E-state index contributed by atoms with van der Waals surface area (Å²) in [4.78, 5) is 33.4.